The molecule has 0 bridgehead atoms. The van der Waals surface area contributed by atoms with Gasteiger partial charge in [-0.1, -0.05) is 42.5 Å². The lowest BCUT2D eigenvalue weighted by molar-refractivity contribution is 0.158. The Hall–Kier alpha value is -3.05. The minimum atomic E-state index is -0.859. The summed E-state index contributed by atoms with van der Waals surface area (Å²) in [6.45, 7) is 3.16. The van der Waals surface area contributed by atoms with Gasteiger partial charge >= 0.3 is 6.09 Å². The van der Waals surface area contributed by atoms with Crippen molar-refractivity contribution in [1.82, 2.24) is 15.2 Å². The molecule has 2 aliphatic rings. The molecule has 1 unspecified atom stereocenters. The van der Waals surface area contributed by atoms with E-state index in [9.17, 15) is 9.90 Å². The summed E-state index contributed by atoms with van der Waals surface area (Å²) in [5, 5.41) is 14.3. The van der Waals surface area contributed by atoms with Crippen LogP contribution in [-0.2, 0) is 6.42 Å². The van der Waals surface area contributed by atoms with Crippen molar-refractivity contribution in [1.29, 1.82) is 0 Å². The van der Waals surface area contributed by atoms with E-state index in [1.54, 1.807) is 0 Å². The summed E-state index contributed by atoms with van der Waals surface area (Å²) in [4.78, 5) is 16.4. The van der Waals surface area contributed by atoms with Gasteiger partial charge in [0.05, 0.1) is 0 Å². The smallest absolute Gasteiger partial charge is 0.407 e. The number of nitrogens with one attached hydrogen (secondary N) is 2. The van der Waals surface area contributed by atoms with Gasteiger partial charge in [0, 0.05) is 41.8 Å². The number of carboxylic acid groups (broad SMARTS) is 1. The van der Waals surface area contributed by atoms with E-state index in [1.807, 2.05) is 6.08 Å². The zero-order valence-corrected chi connectivity index (χ0v) is 17.2. The van der Waals surface area contributed by atoms with Crippen molar-refractivity contribution in [2.24, 2.45) is 0 Å². The highest BCUT2D eigenvalue weighted by Gasteiger charge is 2.26. The Morgan fingerprint density at radius 3 is 2.83 bits per heavy atom. The number of fused-ring (bicyclic) bond motifs is 3. The van der Waals surface area contributed by atoms with Gasteiger partial charge in [0.2, 0.25) is 0 Å². The molecule has 0 radical (unpaired) electrons. The molecule has 3 aromatic rings. The summed E-state index contributed by atoms with van der Waals surface area (Å²) in [6.07, 6.45) is 4.54. The topological polar surface area (TPSA) is 68.4 Å². The lowest BCUT2D eigenvalue weighted by Gasteiger charge is -2.27. The molecule has 0 saturated heterocycles. The molecule has 0 fully saturated rings. The van der Waals surface area contributed by atoms with Crippen LogP contribution in [0.2, 0.25) is 0 Å². The van der Waals surface area contributed by atoms with Crippen LogP contribution >= 0.6 is 0 Å². The number of rotatable bonds is 4. The predicted molar refractivity (Wildman–Crippen MR) is 120 cm³/mol. The van der Waals surface area contributed by atoms with Crippen molar-refractivity contribution in [3.05, 3.63) is 77.0 Å². The molecule has 2 aromatic carbocycles. The molecule has 154 valence electrons. The van der Waals surface area contributed by atoms with Crippen LogP contribution in [-0.4, -0.2) is 34.2 Å². The molecule has 0 saturated carbocycles. The summed E-state index contributed by atoms with van der Waals surface area (Å²) in [6, 6.07) is 17.7. The van der Waals surface area contributed by atoms with E-state index >= 15 is 0 Å². The van der Waals surface area contributed by atoms with Crippen LogP contribution in [0.1, 0.15) is 54.2 Å². The molecule has 1 aliphatic heterocycles. The van der Waals surface area contributed by atoms with E-state index in [2.05, 4.69) is 65.8 Å². The molecule has 1 aromatic heterocycles. The Labute approximate surface area is 176 Å². The van der Waals surface area contributed by atoms with Gasteiger partial charge in [-0.15, -0.1) is 0 Å². The number of aromatic amines is 1. The van der Waals surface area contributed by atoms with Gasteiger partial charge in [0.15, 0.2) is 0 Å². The first kappa shape index (κ1) is 18.9. The van der Waals surface area contributed by atoms with Crippen LogP contribution < -0.4 is 5.32 Å². The maximum atomic E-state index is 11.2. The van der Waals surface area contributed by atoms with Crippen molar-refractivity contribution in [2.45, 2.75) is 38.3 Å². The summed E-state index contributed by atoms with van der Waals surface area (Å²) >= 11 is 0. The quantitative estimate of drug-likeness (QED) is 0.558. The predicted octanol–water partition coefficient (Wildman–Crippen LogP) is 5.27. The number of hydrogen-bond donors (Lipinski definition) is 3. The van der Waals surface area contributed by atoms with Crippen LogP contribution in [0.3, 0.4) is 0 Å². The molecular weight excluding hydrogens is 374 g/mol. The third-order valence-electron chi connectivity index (χ3n) is 6.52. The van der Waals surface area contributed by atoms with E-state index in [0.717, 1.165) is 24.0 Å². The van der Waals surface area contributed by atoms with Crippen LogP contribution in [0.4, 0.5) is 4.79 Å². The molecule has 0 spiro atoms. The SMILES string of the molecule is C[C@@H](NC1CCCc2c1[nH]c1ccc(C3=CCN(C(=O)O)C3)cc21)c1ccccc1. The summed E-state index contributed by atoms with van der Waals surface area (Å²) in [7, 11) is 0. The third-order valence-corrected chi connectivity index (χ3v) is 6.52. The fraction of sp³-hybridized carbons (Fsp3) is 0.320. The van der Waals surface area contributed by atoms with Crippen molar-refractivity contribution < 1.29 is 9.90 Å². The molecule has 2 atom stereocenters. The molecule has 5 rings (SSSR count). The maximum absolute atomic E-state index is 11.2. The Balaban J connectivity index is 1.43. The fourth-order valence-electron chi connectivity index (χ4n) is 4.88. The number of hydrogen-bond acceptors (Lipinski definition) is 2. The van der Waals surface area contributed by atoms with Gasteiger partial charge in [0.1, 0.15) is 0 Å². The zero-order valence-electron chi connectivity index (χ0n) is 17.2. The van der Waals surface area contributed by atoms with Crippen LogP contribution in [0, 0.1) is 0 Å². The van der Waals surface area contributed by atoms with E-state index in [0.29, 0.717) is 19.1 Å². The minimum absolute atomic E-state index is 0.287. The maximum Gasteiger partial charge on any atom is 0.407 e. The number of carbonyl (C=O) groups is 1. The Bertz CT molecular complexity index is 1120. The van der Waals surface area contributed by atoms with Gasteiger partial charge in [-0.25, -0.2) is 4.79 Å². The Morgan fingerprint density at radius 1 is 1.23 bits per heavy atom. The van der Waals surface area contributed by atoms with Crippen LogP contribution in [0.15, 0.2) is 54.6 Å². The third kappa shape index (κ3) is 3.39. The van der Waals surface area contributed by atoms with Crippen LogP contribution in [0.25, 0.3) is 16.5 Å². The number of nitrogens with zero attached hydrogens (tertiary/aromatic N) is 1. The van der Waals surface area contributed by atoms with E-state index in [-0.39, 0.29) is 6.04 Å². The first-order valence-corrected chi connectivity index (χ1v) is 10.7. The van der Waals surface area contributed by atoms with E-state index in [1.165, 1.54) is 39.0 Å². The van der Waals surface area contributed by atoms with Gasteiger partial charge < -0.3 is 20.3 Å². The van der Waals surface area contributed by atoms with E-state index < -0.39 is 6.09 Å². The molecule has 1 aliphatic carbocycles. The Morgan fingerprint density at radius 2 is 2.07 bits per heavy atom. The van der Waals surface area contributed by atoms with Crippen molar-refractivity contribution in [3.63, 3.8) is 0 Å². The van der Waals surface area contributed by atoms with E-state index in [4.69, 9.17) is 0 Å². The second-order valence-electron chi connectivity index (χ2n) is 8.41. The number of aryl methyl sites for hydroxylation is 1. The second kappa shape index (κ2) is 7.65. The van der Waals surface area contributed by atoms with Crippen LogP contribution in [0.5, 0.6) is 0 Å². The summed E-state index contributed by atoms with van der Waals surface area (Å²) < 4.78 is 0. The molecule has 5 nitrogen and oxygen atoms in total. The standard InChI is InChI=1S/C25H27N3O2/c1-16(17-6-3-2-4-7-17)26-23-9-5-8-20-21-14-18(10-11-22(21)27-24(20)23)19-12-13-28(15-19)25(29)30/h2-4,6-7,10-12,14,16,23,26-27H,5,8-9,13,15H2,1H3,(H,29,30)/t16-,23?/m1/s1. The molecule has 2 heterocycles. The highest BCUT2D eigenvalue weighted by atomic mass is 16.4. The van der Waals surface area contributed by atoms with Gasteiger partial charge in [0.25, 0.3) is 0 Å². The zero-order chi connectivity index (χ0) is 20.7. The normalized spacial score (nSPS) is 19.6. The fourth-order valence-corrected chi connectivity index (χ4v) is 4.88. The summed E-state index contributed by atoms with van der Waals surface area (Å²) in [5.41, 5.74) is 7.41. The monoisotopic (exact) mass is 401 g/mol. The lowest BCUT2D eigenvalue weighted by Crippen LogP contribution is -2.27. The van der Waals surface area contributed by atoms with Crippen molar-refractivity contribution >= 4 is 22.6 Å². The summed E-state index contributed by atoms with van der Waals surface area (Å²) in [5.74, 6) is 0. The molecule has 3 N–H and O–H groups in total. The van der Waals surface area contributed by atoms with Gasteiger partial charge in [-0.05, 0) is 60.6 Å². The number of benzene rings is 2. The molecular formula is C25H27N3O2. The average Bonchev–Trinajstić information content (AvgIpc) is 3.40. The minimum Gasteiger partial charge on any atom is -0.465 e. The first-order chi connectivity index (χ1) is 14.6. The van der Waals surface area contributed by atoms with Gasteiger partial charge in [-0.2, -0.15) is 0 Å². The number of H-pyrrole nitrogens is 1. The highest BCUT2D eigenvalue weighted by Crippen LogP contribution is 2.37. The molecule has 5 heteroatoms. The van der Waals surface area contributed by atoms with Gasteiger partial charge in [-0.3, -0.25) is 0 Å². The highest BCUT2D eigenvalue weighted by molar-refractivity contribution is 5.89. The second-order valence-corrected chi connectivity index (χ2v) is 8.41. The average molecular weight is 402 g/mol. The first-order valence-electron chi connectivity index (χ1n) is 10.7. The molecule has 1 amide bonds. The Kier molecular flexibility index (Phi) is 4.83. The van der Waals surface area contributed by atoms with Crippen molar-refractivity contribution in [2.75, 3.05) is 13.1 Å². The molecule has 30 heavy (non-hydrogen) atoms. The lowest BCUT2D eigenvalue weighted by atomic mass is 9.90. The number of aromatic nitrogens is 1. The largest absolute Gasteiger partial charge is 0.465 e. The van der Waals surface area contributed by atoms with Crippen molar-refractivity contribution in [3.8, 4) is 0 Å². The number of amides is 1.